The number of hydrogen-bond acceptors (Lipinski definition) is 6. The van der Waals surface area contributed by atoms with E-state index in [4.69, 9.17) is 16.6 Å². The van der Waals surface area contributed by atoms with Crippen LogP contribution in [0, 0.1) is 6.92 Å². The van der Waals surface area contributed by atoms with Crippen molar-refractivity contribution in [2.24, 2.45) is 0 Å². The summed E-state index contributed by atoms with van der Waals surface area (Å²) in [5.74, 6) is -0.304. The number of sulfonamides is 1. The van der Waals surface area contributed by atoms with Crippen molar-refractivity contribution >= 4 is 54.2 Å². The fraction of sp³-hybridized carbons (Fsp3) is 0.296. The second-order valence-corrected chi connectivity index (χ2v) is 12.0. The van der Waals surface area contributed by atoms with E-state index in [0.29, 0.717) is 34.5 Å². The fourth-order valence-corrected chi connectivity index (χ4v) is 6.95. The maximum Gasteiger partial charge on any atom is 0.260 e. The summed E-state index contributed by atoms with van der Waals surface area (Å²) in [4.78, 5) is 24.6. The SMILES string of the molecule is CCCN(CCC)S(=O)(=O)c1ccc(C(=O)N(Cc2ccccn2)c2nc3c(C)ccc(Cl)c3s2)cc1. The van der Waals surface area contributed by atoms with Crippen LogP contribution in [0.5, 0.6) is 0 Å². The minimum atomic E-state index is -3.64. The normalized spacial score (nSPS) is 11.8. The van der Waals surface area contributed by atoms with Crippen LogP contribution in [-0.4, -0.2) is 41.7 Å². The number of nitrogens with zero attached hydrogens (tertiary/aromatic N) is 4. The lowest BCUT2D eigenvalue weighted by atomic mass is 10.2. The lowest BCUT2D eigenvalue weighted by Gasteiger charge is -2.22. The van der Waals surface area contributed by atoms with Gasteiger partial charge in [-0.15, -0.1) is 0 Å². The zero-order chi connectivity index (χ0) is 26.6. The molecule has 4 rings (SSSR count). The van der Waals surface area contributed by atoms with Crippen molar-refractivity contribution in [3.05, 3.63) is 82.6 Å². The molecule has 0 saturated carbocycles. The quantitative estimate of drug-likeness (QED) is 0.228. The molecule has 0 spiro atoms. The standard InChI is InChI=1S/C27H29ClN4O3S2/c1-4-16-31(17-5-2)37(34,35)22-12-10-20(11-13-22)26(33)32(18-21-8-6-7-15-29-21)27-30-24-19(3)9-14-23(28)25(24)36-27/h6-15H,4-5,16-18H2,1-3H3. The summed E-state index contributed by atoms with van der Waals surface area (Å²) in [7, 11) is -3.64. The number of amides is 1. The molecule has 4 aromatic rings. The summed E-state index contributed by atoms with van der Waals surface area (Å²) in [5, 5.41) is 1.07. The van der Waals surface area contributed by atoms with E-state index in [-0.39, 0.29) is 17.3 Å². The Hall–Kier alpha value is -2.85. The molecule has 37 heavy (non-hydrogen) atoms. The molecule has 1 amide bonds. The van der Waals surface area contributed by atoms with Gasteiger partial charge < -0.3 is 0 Å². The summed E-state index contributed by atoms with van der Waals surface area (Å²) in [6.45, 7) is 6.96. The Labute approximate surface area is 226 Å². The van der Waals surface area contributed by atoms with Gasteiger partial charge in [-0.3, -0.25) is 14.7 Å². The first-order chi connectivity index (χ1) is 17.8. The minimum Gasteiger partial charge on any atom is -0.278 e. The van der Waals surface area contributed by atoms with Crippen LogP contribution >= 0.6 is 22.9 Å². The average Bonchev–Trinajstić information content (AvgIpc) is 3.36. The number of aromatic nitrogens is 2. The smallest absolute Gasteiger partial charge is 0.260 e. The van der Waals surface area contributed by atoms with E-state index in [1.807, 2.05) is 51.1 Å². The second kappa shape index (κ2) is 11.7. The number of hydrogen-bond donors (Lipinski definition) is 0. The first-order valence-corrected chi connectivity index (χ1v) is 14.8. The van der Waals surface area contributed by atoms with Crippen LogP contribution in [0.2, 0.25) is 5.02 Å². The van der Waals surface area contributed by atoms with Crippen LogP contribution < -0.4 is 4.90 Å². The van der Waals surface area contributed by atoms with Gasteiger partial charge in [-0.05, 0) is 67.8 Å². The maximum atomic E-state index is 13.8. The summed E-state index contributed by atoms with van der Waals surface area (Å²) < 4.78 is 28.6. The van der Waals surface area contributed by atoms with Crippen LogP contribution in [0.15, 0.2) is 65.7 Å². The second-order valence-electron chi connectivity index (χ2n) is 8.68. The van der Waals surface area contributed by atoms with Crippen LogP contribution in [0.4, 0.5) is 5.13 Å². The van der Waals surface area contributed by atoms with Gasteiger partial charge in [-0.25, -0.2) is 13.4 Å². The minimum absolute atomic E-state index is 0.171. The highest BCUT2D eigenvalue weighted by atomic mass is 35.5. The molecule has 0 saturated heterocycles. The zero-order valence-electron chi connectivity index (χ0n) is 21.0. The number of anilines is 1. The first-order valence-electron chi connectivity index (χ1n) is 12.1. The van der Waals surface area contributed by atoms with Crippen LogP contribution in [0.3, 0.4) is 0 Å². The summed E-state index contributed by atoms with van der Waals surface area (Å²) in [5.41, 5.74) is 2.77. The van der Waals surface area contributed by atoms with Crippen molar-refractivity contribution in [1.82, 2.24) is 14.3 Å². The number of halogens is 1. The lowest BCUT2D eigenvalue weighted by molar-refractivity contribution is 0.0984. The Morgan fingerprint density at radius 3 is 2.30 bits per heavy atom. The molecule has 7 nitrogen and oxygen atoms in total. The number of fused-ring (bicyclic) bond motifs is 1. The molecule has 0 atom stereocenters. The third kappa shape index (κ3) is 5.85. The first kappa shape index (κ1) is 27.2. The molecule has 0 aliphatic heterocycles. The third-order valence-corrected chi connectivity index (χ3v) is 9.34. The monoisotopic (exact) mass is 556 g/mol. The van der Waals surface area contributed by atoms with Crippen molar-refractivity contribution in [2.45, 2.75) is 45.1 Å². The highest BCUT2D eigenvalue weighted by molar-refractivity contribution is 7.89. The van der Waals surface area contributed by atoms with Crippen molar-refractivity contribution in [1.29, 1.82) is 0 Å². The third-order valence-electron chi connectivity index (χ3n) is 5.89. The van der Waals surface area contributed by atoms with Gasteiger partial charge in [-0.2, -0.15) is 4.31 Å². The van der Waals surface area contributed by atoms with Crippen molar-refractivity contribution in [3.63, 3.8) is 0 Å². The van der Waals surface area contributed by atoms with E-state index < -0.39 is 10.0 Å². The summed E-state index contributed by atoms with van der Waals surface area (Å²) in [6.07, 6.45) is 3.13. The van der Waals surface area contributed by atoms with Gasteiger partial charge in [0.25, 0.3) is 5.91 Å². The van der Waals surface area contributed by atoms with Gasteiger partial charge in [0, 0.05) is 24.8 Å². The van der Waals surface area contributed by atoms with Crippen molar-refractivity contribution in [2.75, 3.05) is 18.0 Å². The maximum absolute atomic E-state index is 13.8. The van der Waals surface area contributed by atoms with E-state index in [9.17, 15) is 13.2 Å². The number of carbonyl (C=O) groups is 1. The number of rotatable bonds is 10. The Kier molecular flexibility index (Phi) is 8.59. The van der Waals surface area contributed by atoms with Gasteiger partial charge in [-0.1, -0.05) is 48.9 Å². The average molecular weight is 557 g/mol. The van der Waals surface area contributed by atoms with E-state index in [1.165, 1.54) is 27.8 Å². The molecule has 2 aromatic carbocycles. The van der Waals surface area contributed by atoms with E-state index in [2.05, 4.69) is 4.98 Å². The molecule has 0 bridgehead atoms. The van der Waals surface area contributed by atoms with Crippen molar-refractivity contribution < 1.29 is 13.2 Å². The van der Waals surface area contributed by atoms with E-state index in [1.54, 1.807) is 23.2 Å². The number of aryl methyl sites for hydroxylation is 1. The van der Waals surface area contributed by atoms with E-state index >= 15 is 0 Å². The molecular weight excluding hydrogens is 528 g/mol. The number of benzene rings is 2. The molecule has 0 aliphatic rings. The van der Waals surface area contributed by atoms with Gasteiger partial charge in [0.1, 0.15) is 0 Å². The molecule has 0 radical (unpaired) electrons. The summed E-state index contributed by atoms with van der Waals surface area (Å²) >= 11 is 7.77. The van der Waals surface area contributed by atoms with Gasteiger partial charge in [0.05, 0.1) is 32.4 Å². The topological polar surface area (TPSA) is 83.5 Å². The number of carbonyl (C=O) groups excluding carboxylic acids is 1. The van der Waals surface area contributed by atoms with Crippen LogP contribution in [0.25, 0.3) is 10.2 Å². The van der Waals surface area contributed by atoms with Crippen LogP contribution in [-0.2, 0) is 16.6 Å². The Bertz CT molecular complexity index is 1440. The molecule has 2 heterocycles. The predicted octanol–water partition coefficient (Wildman–Crippen LogP) is 6.31. The van der Waals surface area contributed by atoms with E-state index in [0.717, 1.165) is 28.6 Å². The van der Waals surface area contributed by atoms with Gasteiger partial charge in [0.2, 0.25) is 10.0 Å². The summed E-state index contributed by atoms with van der Waals surface area (Å²) in [6, 6.07) is 15.4. The molecular formula is C27H29ClN4O3S2. The molecule has 0 aliphatic carbocycles. The highest BCUT2D eigenvalue weighted by Gasteiger charge is 2.26. The van der Waals surface area contributed by atoms with Gasteiger partial charge >= 0.3 is 0 Å². The van der Waals surface area contributed by atoms with Gasteiger partial charge in [0.15, 0.2) is 5.13 Å². The Balaban J connectivity index is 1.71. The molecule has 2 aromatic heterocycles. The lowest BCUT2D eigenvalue weighted by Crippen LogP contribution is -2.33. The molecule has 194 valence electrons. The molecule has 0 fully saturated rings. The molecule has 0 N–H and O–H groups in total. The number of pyridine rings is 1. The molecule has 0 unspecified atom stereocenters. The predicted molar refractivity (Wildman–Crippen MR) is 150 cm³/mol. The largest absolute Gasteiger partial charge is 0.278 e. The van der Waals surface area contributed by atoms with Crippen LogP contribution in [0.1, 0.15) is 48.3 Å². The number of thiazole rings is 1. The highest BCUT2D eigenvalue weighted by Crippen LogP contribution is 2.36. The Morgan fingerprint density at radius 2 is 1.70 bits per heavy atom. The fourth-order valence-electron chi connectivity index (χ4n) is 4.01. The molecule has 10 heteroatoms. The zero-order valence-corrected chi connectivity index (χ0v) is 23.4. The Morgan fingerprint density at radius 1 is 1.00 bits per heavy atom. The van der Waals surface area contributed by atoms with Crippen molar-refractivity contribution in [3.8, 4) is 0 Å².